The van der Waals surface area contributed by atoms with Crippen LogP contribution in [0.3, 0.4) is 0 Å². The zero-order valence-electron chi connectivity index (χ0n) is 7.47. The van der Waals surface area contributed by atoms with E-state index >= 15 is 0 Å². The van der Waals surface area contributed by atoms with Crippen molar-refractivity contribution in [3.8, 4) is 0 Å². The Morgan fingerprint density at radius 3 is 2.40 bits per heavy atom. The maximum atomic E-state index is 10.8. The highest BCUT2D eigenvalue weighted by Crippen LogP contribution is 2.29. The number of hydrogen-bond donors (Lipinski definition) is 1. The zero-order valence-corrected chi connectivity index (χ0v) is 9.04. The van der Waals surface area contributed by atoms with Crippen molar-refractivity contribution in [1.29, 1.82) is 0 Å². The molecule has 0 bridgehead atoms. The number of nitro benzene ring substituents is 1. The minimum absolute atomic E-state index is 0.207. The second-order valence-corrected chi connectivity index (χ2v) is 4.57. The third kappa shape index (κ3) is 2.44. The number of nitrogens with zero attached hydrogens (tertiary/aromatic N) is 1. The number of non-ortho nitro benzene ring substituents is 1. The Morgan fingerprint density at radius 1 is 1.47 bits per heavy atom. The number of rotatable bonds is 2. The van der Waals surface area contributed by atoms with Gasteiger partial charge in [-0.15, -0.1) is 0 Å². The van der Waals surface area contributed by atoms with Crippen molar-refractivity contribution in [2.45, 2.75) is 11.8 Å². The highest BCUT2D eigenvalue weighted by Gasteiger charge is 2.21. The van der Waals surface area contributed by atoms with Gasteiger partial charge in [-0.1, -0.05) is 11.6 Å². The predicted octanol–water partition coefficient (Wildman–Crippen LogP) is 1.80. The monoisotopic (exact) mass is 251 g/mol. The zero-order chi connectivity index (χ0) is 11.8. The third-order valence-electron chi connectivity index (χ3n) is 1.69. The van der Waals surface area contributed by atoms with Gasteiger partial charge in [0.05, 0.1) is 9.95 Å². The van der Waals surface area contributed by atoms with Gasteiger partial charge in [0.25, 0.3) is 15.8 Å². The van der Waals surface area contributed by atoms with E-state index in [0.717, 1.165) is 6.07 Å². The molecule has 0 saturated carbocycles. The van der Waals surface area contributed by atoms with Gasteiger partial charge < -0.3 is 0 Å². The summed E-state index contributed by atoms with van der Waals surface area (Å²) in [5.41, 5.74) is -0.233. The van der Waals surface area contributed by atoms with Gasteiger partial charge in [0.1, 0.15) is 4.90 Å². The van der Waals surface area contributed by atoms with Gasteiger partial charge in [0.2, 0.25) is 0 Å². The summed E-state index contributed by atoms with van der Waals surface area (Å²) in [6, 6.07) is 1.83. The molecule has 0 heterocycles. The second kappa shape index (κ2) is 3.76. The Balaban J connectivity index is 3.59. The van der Waals surface area contributed by atoms with Crippen molar-refractivity contribution >= 4 is 27.4 Å². The van der Waals surface area contributed by atoms with E-state index in [1.54, 1.807) is 0 Å². The average Bonchev–Trinajstić information content (AvgIpc) is 2.06. The fourth-order valence-electron chi connectivity index (χ4n) is 1.01. The highest BCUT2D eigenvalue weighted by molar-refractivity contribution is 7.86. The molecule has 0 aliphatic rings. The van der Waals surface area contributed by atoms with Gasteiger partial charge in [-0.3, -0.25) is 14.7 Å². The SMILES string of the molecule is Cc1cc([N+](=O)[O-])cc(S(=O)(=O)O)c1Cl. The minimum atomic E-state index is -4.55. The third-order valence-corrected chi connectivity index (χ3v) is 3.19. The molecule has 0 aromatic heterocycles. The molecule has 0 saturated heterocycles. The quantitative estimate of drug-likeness (QED) is 0.491. The maximum Gasteiger partial charge on any atom is 0.296 e. The minimum Gasteiger partial charge on any atom is -0.282 e. The van der Waals surface area contributed by atoms with Gasteiger partial charge in [-0.25, -0.2) is 0 Å². The predicted molar refractivity (Wildman–Crippen MR) is 52.7 cm³/mol. The smallest absolute Gasteiger partial charge is 0.282 e. The lowest BCUT2D eigenvalue weighted by atomic mass is 10.2. The van der Waals surface area contributed by atoms with Gasteiger partial charge in [0.15, 0.2) is 0 Å². The van der Waals surface area contributed by atoms with Crippen LogP contribution in [-0.2, 0) is 10.1 Å². The largest absolute Gasteiger partial charge is 0.296 e. The van der Waals surface area contributed by atoms with Gasteiger partial charge in [-0.2, -0.15) is 8.42 Å². The van der Waals surface area contributed by atoms with Crippen molar-refractivity contribution in [3.63, 3.8) is 0 Å². The van der Waals surface area contributed by atoms with E-state index in [4.69, 9.17) is 16.2 Å². The molecule has 8 heteroatoms. The van der Waals surface area contributed by atoms with Crippen molar-refractivity contribution in [2.24, 2.45) is 0 Å². The molecule has 1 aromatic carbocycles. The van der Waals surface area contributed by atoms with E-state index in [0.29, 0.717) is 6.07 Å². The first-order chi connectivity index (χ1) is 6.73. The molecule has 1 N–H and O–H groups in total. The molecule has 82 valence electrons. The molecule has 0 aliphatic carbocycles. The molecule has 6 nitrogen and oxygen atoms in total. The van der Waals surface area contributed by atoms with Crippen LogP contribution in [0.4, 0.5) is 5.69 Å². The molecule has 0 fully saturated rings. The molecule has 0 radical (unpaired) electrons. The van der Waals surface area contributed by atoms with Crippen molar-refractivity contribution in [3.05, 3.63) is 32.8 Å². The van der Waals surface area contributed by atoms with Crippen LogP contribution >= 0.6 is 11.6 Å². The molecule has 15 heavy (non-hydrogen) atoms. The Kier molecular flexibility index (Phi) is 2.98. The molecule has 0 amide bonds. The number of hydrogen-bond acceptors (Lipinski definition) is 4. The van der Waals surface area contributed by atoms with Gasteiger partial charge in [-0.05, 0) is 12.5 Å². The lowest BCUT2D eigenvalue weighted by Crippen LogP contribution is -2.02. The normalized spacial score (nSPS) is 11.4. The summed E-state index contributed by atoms with van der Waals surface area (Å²) in [7, 11) is -4.55. The van der Waals surface area contributed by atoms with Crippen LogP contribution in [0, 0.1) is 17.0 Å². The van der Waals surface area contributed by atoms with Crippen LogP contribution in [0.5, 0.6) is 0 Å². The fourth-order valence-corrected chi connectivity index (χ4v) is 2.07. The van der Waals surface area contributed by atoms with E-state index in [2.05, 4.69) is 0 Å². The Morgan fingerprint density at radius 2 is 2.00 bits per heavy atom. The first-order valence-corrected chi connectivity index (χ1v) is 5.47. The molecule has 0 unspecified atom stereocenters. The van der Waals surface area contributed by atoms with E-state index < -0.39 is 25.6 Å². The summed E-state index contributed by atoms with van der Waals surface area (Å²) in [5.74, 6) is 0. The fraction of sp³-hybridized carbons (Fsp3) is 0.143. The number of nitro groups is 1. The molecule has 0 aliphatic heterocycles. The van der Waals surface area contributed by atoms with E-state index in [1.807, 2.05) is 0 Å². The van der Waals surface area contributed by atoms with Gasteiger partial charge in [0, 0.05) is 12.1 Å². The van der Waals surface area contributed by atoms with Crippen LogP contribution in [0.2, 0.25) is 5.02 Å². The van der Waals surface area contributed by atoms with Gasteiger partial charge >= 0.3 is 0 Å². The summed E-state index contributed by atoms with van der Waals surface area (Å²) >= 11 is 5.59. The summed E-state index contributed by atoms with van der Waals surface area (Å²) in [4.78, 5) is 9.01. The Hall–Kier alpha value is -1.18. The molecule has 0 atom stereocenters. The lowest BCUT2D eigenvalue weighted by molar-refractivity contribution is -0.385. The van der Waals surface area contributed by atoms with E-state index in [9.17, 15) is 18.5 Å². The molecular formula is C7H6ClNO5S. The number of benzene rings is 1. The Bertz CT molecular complexity index is 524. The van der Waals surface area contributed by atoms with Crippen LogP contribution in [0.15, 0.2) is 17.0 Å². The first kappa shape index (κ1) is 11.9. The maximum absolute atomic E-state index is 10.8. The molecule has 1 rings (SSSR count). The van der Waals surface area contributed by atoms with Crippen molar-refractivity contribution in [2.75, 3.05) is 0 Å². The molecule has 1 aromatic rings. The standard InChI is InChI=1S/C7H6ClNO5S/c1-4-2-5(9(10)11)3-6(7(4)8)15(12,13)14/h2-3H,1H3,(H,12,13,14). The van der Waals surface area contributed by atoms with Crippen LogP contribution in [0.1, 0.15) is 5.56 Å². The second-order valence-electron chi connectivity index (χ2n) is 2.81. The average molecular weight is 252 g/mol. The number of aryl methyl sites for hydroxylation is 1. The topological polar surface area (TPSA) is 97.5 Å². The van der Waals surface area contributed by atoms with E-state index in [1.165, 1.54) is 6.92 Å². The lowest BCUT2D eigenvalue weighted by Gasteiger charge is -2.03. The molecule has 0 spiro atoms. The highest BCUT2D eigenvalue weighted by atomic mass is 35.5. The van der Waals surface area contributed by atoms with Crippen LogP contribution < -0.4 is 0 Å². The summed E-state index contributed by atoms with van der Waals surface area (Å²) in [6.45, 7) is 1.41. The summed E-state index contributed by atoms with van der Waals surface area (Å²) in [6.07, 6.45) is 0. The van der Waals surface area contributed by atoms with Crippen molar-refractivity contribution < 1.29 is 17.9 Å². The number of halogens is 1. The summed E-state index contributed by atoms with van der Waals surface area (Å²) in [5, 5.41) is 10.2. The van der Waals surface area contributed by atoms with Crippen LogP contribution in [0.25, 0.3) is 0 Å². The Labute approximate surface area is 90.4 Å². The van der Waals surface area contributed by atoms with Crippen molar-refractivity contribution in [1.82, 2.24) is 0 Å². The first-order valence-electron chi connectivity index (χ1n) is 3.65. The van der Waals surface area contributed by atoms with Crippen LogP contribution in [-0.4, -0.2) is 17.9 Å². The molecular weight excluding hydrogens is 246 g/mol. The summed E-state index contributed by atoms with van der Waals surface area (Å²) < 4.78 is 30.4. The van der Waals surface area contributed by atoms with E-state index in [-0.39, 0.29) is 10.6 Å².